The van der Waals surface area contributed by atoms with E-state index < -0.39 is 11.2 Å². The van der Waals surface area contributed by atoms with Gasteiger partial charge in [0, 0.05) is 39.4 Å². The highest BCUT2D eigenvalue weighted by Gasteiger charge is 2.26. The lowest BCUT2D eigenvalue weighted by Crippen LogP contribution is -2.44. The molecular weight excluding hydrogens is 448 g/mol. The Balaban J connectivity index is 1.75. The van der Waals surface area contributed by atoms with Crippen LogP contribution in [0.5, 0.6) is 0 Å². The number of imidazole rings is 1. The number of likely N-dealkylation sites (N-methyl/N-ethyl adjacent to an activating group) is 1. The van der Waals surface area contributed by atoms with Crippen LogP contribution in [0.3, 0.4) is 0 Å². The Kier molecular flexibility index (Phi) is 7.02. The minimum Gasteiger partial charge on any atom is -0.366 e. The van der Waals surface area contributed by atoms with Gasteiger partial charge in [-0.1, -0.05) is 5.92 Å². The highest BCUT2D eigenvalue weighted by molar-refractivity contribution is 5.83. The number of fused-ring (bicyclic) bond motifs is 1. The summed E-state index contributed by atoms with van der Waals surface area (Å²) in [6, 6.07) is 3.61. The normalized spacial score (nSPS) is 15.7. The van der Waals surface area contributed by atoms with E-state index in [1.54, 1.807) is 48.9 Å². The van der Waals surface area contributed by atoms with E-state index >= 15 is 0 Å². The number of pyridine rings is 1. The molecule has 2 N–H and O–H groups in total. The number of rotatable bonds is 7. The van der Waals surface area contributed by atoms with Crippen LogP contribution >= 0.6 is 0 Å². The zero-order valence-electron chi connectivity index (χ0n) is 20.3. The molecule has 0 radical (unpaired) electrons. The lowest BCUT2D eigenvalue weighted by atomic mass is 10.1. The Morgan fingerprint density at radius 3 is 2.80 bits per heavy atom. The number of aryl methyl sites for hydroxylation is 1. The highest BCUT2D eigenvalue weighted by Crippen LogP contribution is 2.22. The van der Waals surface area contributed by atoms with Crippen LogP contribution in [0.25, 0.3) is 11.2 Å². The molecule has 1 unspecified atom stereocenters. The molecule has 4 rings (SSSR count). The summed E-state index contributed by atoms with van der Waals surface area (Å²) in [6.45, 7) is 2.99. The van der Waals surface area contributed by atoms with Gasteiger partial charge in [0.05, 0.1) is 31.5 Å². The summed E-state index contributed by atoms with van der Waals surface area (Å²) in [6.07, 6.45) is 5.12. The second-order valence-corrected chi connectivity index (χ2v) is 8.78. The van der Waals surface area contributed by atoms with Crippen molar-refractivity contribution >= 4 is 28.6 Å². The fraction of sp³-hybridized carbons (Fsp3) is 0.458. The Bertz CT molecular complexity index is 1410. The summed E-state index contributed by atoms with van der Waals surface area (Å²) in [5, 5.41) is 0. The molecule has 1 saturated heterocycles. The molecule has 11 nitrogen and oxygen atoms in total. The van der Waals surface area contributed by atoms with Crippen molar-refractivity contribution in [3.8, 4) is 11.8 Å². The average molecular weight is 479 g/mol. The van der Waals surface area contributed by atoms with E-state index in [1.807, 2.05) is 11.0 Å². The van der Waals surface area contributed by atoms with Gasteiger partial charge in [-0.2, -0.15) is 4.98 Å². The van der Waals surface area contributed by atoms with Crippen molar-refractivity contribution in [2.45, 2.75) is 38.9 Å². The molecule has 3 aromatic heterocycles. The molecule has 35 heavy (non-hydrogen) atoms. The number of hydrogen-bond donors (Lipinski definition) is 1. The van der Waals surface area contributed by atoms with Crippen molar-refractivity contribution in [2.75, 3.05) is 36.5 Å². The number of ketones is 1. The van der Waals surface area contributed by atoms with Crippen molar-refractivity contribution in [1.29, 1.82) is 0 Å². The minimum absolute atomic E-state index is 0.00387. The third-order valence-corrected chi connectivity index (χ3v) is 6.20. The lowest BCUT2D eigenvalue weighted by Gasteiger charge is -2.31. The lowest BCUT2D eigenvalue weighted by molar-refractivity contribution is -0.118. The zero-order chi connectivity index (χ0) is 25.1. The van der Waals surface area contributed by atoms with Crippen LogP contribution in [0, 0.1) is 11.8 Å². The minimum atomic E-state index is -0.590. The van der Waals surface area contributed by atoms with E-state index in [2.05, 4.69) is 21.8 Å². The Morgan fingerprint density at radius 1 is 1.31 bits per heavy atom. The monoisotopic (exact) mass is 478 g/mol. The van der Waals surface area contributed by atoms with Crippen LogP contribution in [-0.4, -0.2) is 62.2 Å². The first-order valence-electron chi connectivity index (χ1n) is 11.5. The maximum absolute atomic E-state index is 13.6. The van der Waals surface area contributed by atoms with Gasteiger partial charge in [-0.3, -0.25) is 28.3 Å². The quantitative estimate of drug-likeness (QED) is 0.469. The van der Waals surface area contributed by atoms with Gasteiger partial charge in [0.2, 0.25) is 5.95 Å². The number of hydrogen-bond acceptors (Lipinski definition) is 8. The standard InChI is InChI=1S/C24H30N8O3/c1-4-5-12-31-20-21(27-23(31)30-11-7-8-17(25)14-30)29(3)24(35)32(22(20)34)16-19(33)15-28(2)18-9-6-10-26-13-18/h6,9-10,13,17H,7-8,11-12,14-16,25H2,1-3H3. The summed E-state index contributed by atoms with van der Waals surface area (Å²) >= 11 is 0. The van der Waals surface area contributed by atoms with Crippen LogP contribution in [0.15, 0.2) is 34.1 Å². The van der Waals surface area contributed by atoms with Gasteiger partial charge >= 0.3 is 5.69 Å². The van der Waals surface area contributed by atoms with Crippen molar-refractivity contribution in [3.63, 3.8) is 0 Å². The molecule has 4 heterocycles. The molecule has 3 aromatic rings. The van der Waals surface area contributed by atoms with Crippen molar-refractivity contribution < 1.29 is 4.79 Å². The highest BCUT2D eigenvalue weighted by atomic mass is 16.2. The average Bonchev–Trinajstić information content (AvgIpc) is 3.24. The van der Waals surface area contributed by atoms with Crippen LogP contribution in [0.2, 0.25) is 0 Å². The van der Waals surface area contributed by atoms with Crippen LogP contribution < -0.4 is 26.8 Å². The van der Waals surface area contributed by atoms with Gasteiger partial charge in [0.25, 0.3) is 5.56 Å². The van der Waals surface area contributed by atoms with E-state index in [4.69, 9.17) is 5.73 Å². The second-order valence-electron chi connectivity index (χ2n) is 8.78. The first-order chi connectivity index (χ1) is 16.8. The molecule has 1 aliphatic heterocycles. The Morgan fingerprint density at radius 2 is 2.11 bits per heavy atom. The molecule has 0 aliphatic carbocycles. The molecule has 1 atom stereocenters. The first-order valence-corrected chi connectivity index (χ1v) is 11.5. The third kappa shape index (κ3) is 4.83. The van der Waals surface area contributed by atoms with Crippen LogP contribution in [0.1, 0.15) is 19.8 Å². The molecule has 1 fully saturated rings. The maximum Gasteiger partial charge on any atom is 0.332 e. The maximum atomic E-state index is 13.6. The first kappa shape index (κ1) is 24.2. The van der Waals surface area contributed by atoms with Crippen molar-refractivity contribution in [2.24, 2.45) is 12.8 Å². The predicted molar refractivity (Wildman–Crippen MR) is 135 cm³/mol. The van der Waals surface area contributed by atoms with Gasteiger partial charge < -0.3 is 15.5 Å². The Labute approximate surface area is 202 Å². The number of Topliss-reactive ketones (excluding diaryl/α,β-unsaturated/α-hetero) is 1. The molecule has 0 saturated carbocycles. The number of nitrogens with zero attached hydrogens (tertiary/aromatic N) is 7. The zero-order valence-corrected chi connectivity index (χ0v) is 20.3. The molecular formula is C24H30N8O3. The summed E-state index contributed by atoms with van der Waals surface area (Å²) in [7, 11) is 3.31. The number of piperidine rings is 1. The number of carbonyl (C=O) groups excluding carboxylic acids is 1. The smallest absolute Gasteiger partial charge is 0.332 e. The van der Waals surface area contributed by atoms with Crippen LogP contribution in [-0.2, 0) is 24.9 Å². The van der Waals surface area contributed by atoms with E-state index in [-0.39, 0.29) is 42.6 Å². The van der Waals surface area contributed by atoms with Crippen molar-refractivity contribution in [3.05, 3.63) is 45.4 Å². The van der Waals surface area contributed by atoms with Gasteiger partial charge in [0.1, 0.15) is 0 Å². The molecule has 0 spiro atoms. The number of carbonyl (C=O) groups is 1. The summed E-state index contributed by atoms with van der Waals surface area (Å²) in [5.74, 6) is 6.13. The largest absolute Gasteiger partial charge is 0.366 e. The number of anilines is 2. The van der Waals surface area contributed by atoms with Gasteiger partial charge in [0.15, 0.2) is 16.9 Å². The predicted octanol–water partition coefficient (Wildman–Crippen LogP) is -0.0520. The fourth-order valence-electron chi connectivity index (χ4n) is 4.40. The molecule has 11 heteroatoms. The van der Waals surface area contributed by atoms with E-state index in [1.165, 1.54) is 4.57 Å². The molecule has 0 amide bonds. The van der Waals surface area contributed by atoms with Crippen LogP contribution in [0.4, 0.5) is 11.6 Å². The topological polar surface area (TPSA) is 124 Å². The second kappa shape index (κ2) is 10.1. The van der Waals surface area contributed by atoms with Gasteiger partial charge in [-0.15, -0.1) is 5.92 Å². The van der Waals surface area contributed by atoms with E-state index in [0.717, 1.165) is 29.6 Å². The SMILES string of the molecule is CC#CCn1c(N2CCCC(N)C2)nc2c1c(=O)n(CC(=O)CN(C)c1cccnc1)c(=O)n2C. The van der Waals surface area contributed by atoms with Gasteiger partial charge in [-0.25, -0.2) is 4.79 Å². The summed E-state index contributed by atoms with van der Waals surface area (Å²) < 4.78 is 4.03. The fourth-order valence-corrected chi connectivity index (χ4v) is 4.40. The van der Waals surface area contributed by atoms with Crippen molar-refractivity contribution in [1.82, 2.24) is 23.7 Å². The third-order valence-electron chi connectivity index (χ3n) is 6.20. The number of nitrogens with two attached hydrogens (primary N) is 1. The van der Waals surface area contributed by atoms with E-state index in [0.29, 0.717) is 12.5 Å². The van der Waals surface area contributed by atoms with Gasteiger partial charge in [-0.05, 0) is 31.9 Å². The summed E-state index contributed by atoms with van der Waals surface area (Å²) in [5.41, 5.74) is 6.31. The molecule has 0 aromatic carbocycles. The molecule has 184 valence electrons. The Hall–Kier alpha value is -3.91. The van der Waals surface area contributed by atoms with E-state index in [9.17, 15) is 14.4 Å². The molecule has 0 bridgehead atoms. The number of aromatic nitrogens is 5. The summed E-state index contributed by atoms with van der Waals surface area (Å²) in [4.78, 5) is 52.0. The molecule has 1 aliphatic rings.